The number of fused-ring (bicyclic) bond motifs is 3. The van der Waals surface area contributed by atoms with Gasteiger partial charge in [-0.05, 0) is 37.1 Å². The van der Waals surface area contributed by atoms with Gasteiger partial charge in [0.1, 0.15) is 22.6 Å². The van der Waals surface area contributed by atoms with E-state index in [0.717, 1.165) is 11.3 Å². The van der Waals surface area contributed by atoms with E-state index in [0.29, 0.717) is 17.7 Å². The molecule has 0 saturated carbocycles. The molecule has 9 heteroatoms. The maximum absolute atomic E-state index is 12.7. The zero-order valence-electron chi connectivity index (χ0n) is 18.9. The third-order valence-electron chi connectivity index (χ3n) is 6.69. The van der Waals surface area contributed by atoms with Gasteiger partial charge in [-0.1, -0.05) is 12.1 Å². The minimum Gasteiger partial charge on any atom is -0.506 e. The number of benzene rings is 2. The summed E-state index contributed by atoms with van der Waals surface area (Å²) in [7, 11) is 1.60. The second kappa shape index (κ2) is 8.27. The molecule has 0 radical (unpaired) electrons. The highest BCUT2D eigenvalue weighted by atomic mass is 16.5. The van der Waals surface area contributed by atoms with Crippen molar-refractivity contribution in [2.75, 3.05) is 13.7 Å². The maximum Gasteiger partial charge on any atom is 0.336 e. The number of hydrogen-bond acceptors (Lipinski definition) is 9. The highest BCUT2D eigenvalue weighted by molar-refractivity contribution is 6.08. The smallest absolute Gasteiger partial charge is 0.336 e. The Balaban J connectivity index is 1.74. The molecule has 3 unspecified atom stereocenters. The number of ketones is 1. The molecule has 1 fully saturated rings. The predicted octanol–water partition coefficient (Wildman–Crippen LogP) is 2.88. The normalized spacial score (nSPS) is 21.9. The number of esters is 1. The van der Waals surface area contributed by atoms with Gasteiger partial charge in [0.15, 0.2) is 11.5 Å². The van der Waals surface area contributed by atoms with Crippen molar-refractivity contribution in [3.8, 4) is 17.2 Å². The van der Waals surface area contributed by atoms with Crippen LogP contribution in [0.15, 0.2) is 39.5 Å². The van der Waals surface area contributed by atoms with Crippen LogP contribution in [0, 0.1) is 12.8 Å². The predicted molar refractivity (Wildman–Crippen MR) is 122 cm³/mol. The van der Waals surface area contributed by atoms with Crippen LogP contribution in [0.2, 0.25) is 0 Å². The topological polar surface area (TPSA) is 127 Å². The van der Waals surface area contributed by atoms with Crippen LogP contribution in [-0.4, -0.2) is 30.5 Å². The van der Waals surface area contributed by atoms with E-state index in [2.05, 4.69) is 10.9 Å². The van der Waals surface area contributed by atoms with Crippen LogP contribution in [0.1, 0.15) is 52.4 Å². The summed E-state index contributed by atoms with van der Waals surface area (Å²) < 4.78 is 16.4. The molecule has 1 aromatic heterocycles. The van der Waals surface area contributed by atoms with E-state index in [1.165, 1.54) is 13.0 Å². The average molecular weight is 464 g/mol. The second-order valence-electron chi connectivity index (χ2n) is 8.70. The van der Waals surface area contributed by atoms with Crippen molar-refractivity contribution < 1.29 is 28.6 Å². The van der Waals surface area contributed by atoms with Gasteiger partial charge in [0, 0.05) is 30.0 Å². The summed E-state index contributed by atoms with van der Waals surface area (Å²) in [5, 5.41) is 11.2. The largest absolute Gasteiger partial charge is 0.506 e. The van der Waals surface area contributed by atoms with Crippen LogP contribution in [-0.2, 0) is 4.79 Å². The molecule has 5 rings (SSSR count). The van der Waals surface area contributed by atoms with Crippen molar-refractivity contribution in [2.24, 2.45) is 5.92 Å². The van der Waals surface area contributed by atoms with Gasteiger partial charge < -0.3 is 19.0 Å². The molecular formula is C25H24N2O7. The first kappa shape index (κ1) is 22.1. The number of nitrogens with one attached hydrogen (secondary N) is 2. The van der Waals surface area contributed by atoms with Gasteiger partial charge in [-0.3, -0.25) is 15.0 Å². The highest BCUT2D eigenvalue weighted by Crippen LogP contribution is 2.51. The summed E-state index contributed by atoms with van der Waals surface area (Å²) in [5.74, 6) is -1.24. The molecule has 3 aromatic rings. The lowest BCUT2D eigenvalue weighted by atomic mass is 9.75. The maximum atomic E-state index is 12.7. The number of phenols is 1. The minimum atomic E-state index is -0.591. The third-order valence-corrected chi connectivity index (χ3v) is 6.69. The fraction of sp³-hybridized carbons (Fsp3) is 0.320. The molecule has 0 spiro atoms. The van der Waals surface area contributed by atoms with Crippen molar-refractivity contribution in [3.63, 3.8) is 0 Å². The van der Waals surface area contributed by atoms with E-state index in [1.807, 2.05) is 24.3 Å². The van der Waals surface area contributed by atoms with Crippen molar-refractivity contribution in [3.05, 3.63) is 63.0 Å². The molecule has 3 atom stereocenters. The lowest BCUT2D eigenvalue weighted by Gasteiger charge is -2.33. The van der Waals surface area contributed by atoms with Crippen molar-refractivity contribution in [1.29, 1.82) is 0 Å². The number of methoxy groups -OCH3 is 1. The van der Waals surface area contributed by atoms with Crippen LogP contribution >= 0.6 is 0 Å². The van der Waals surface area contributed by atoms with Crippen LogP contribution in [0.4, 0.5) is 0 Å². The number of carbonyl (C=O) groups excluding carboxylic acids is 2. The Morgan fingerprint density at radius 3 is 2.62 bits per heavy atom. The van der Waals surface area contributed by atoms with Crippen molar-refractivity contribution in [2.45, 2.75) is 32.2 Å². The number of aromatic hydroxyl groups is 1. The monoisotopic (exact) mass is 464 g/mol. The molecule has 9 nitrogen and oxygen atoms in total. The number of Topliss-reactive ketones (excluding diaryl/α,β-unsaturated/α-hetero) is 1. The van der Waals surface area contributed by atoms with Crippen molar-refractivity contribution >= 4 is 22.7 Å². The quantitative estimate of drug-likeness (QED) is 0.231. The van der Waals surface area contributed by atoms with Crippen LogP contribution in [0.5, 0.6) is 17.2 Å². The Bertz CT molecular complexity index is 1380. The summed E-state index contributed by atoms with van der Waals surface area (Å²) >= 11 is 0. The van der Waals surface area contributed by atoms with Gasteiger partial charge >= 0.3 is 11.6 Å². The molecule has 176 valence electrons. The number of aryl methyl sites for hydroxylation is 1. The van der Waals surface area contributed by atoms with Crippen molar-refractivity contribution in [1.82, 2.24) is 10.9 Å². The van der Waals surface area contributed by atoms with Gasteiger partial charge in [-0.25, -0.2) is 10.2 Å². The van der Waals surface area contributed by atoms with E-state index in [1.54, 1.807) is 14.0 Å². The van der Waals surface area contributed by atoms with E-state index in [-0.39, 0.29) is 46.4 Å². The number of rotatable bonds is 4. The fourth-order valence-electron chi connectivity index (χ4n) is 5.16. The van der Waals surface area contributed by atoms with Gasteiger partial charge in [-0.15, -0.1) is 0 Å². The standard InChI is InChI=1S/C25H24N2O7/c1-11-8-17(29)33-24-19(11)23(31)20(12(2)28)25-21(24)15(9-18(30)34-25)16-10-26-27-22(16)13-4-6-14(32-3)7-5-13/h4-8,15-16,22,26-27,31H,9-10H2,1-3H3. The molecule has 2 aromatic carbocycles. The van der Waals surface area contributed by atoms with Crippen LogP contribution in [0.3, 0.4) is 0 Å². The zero-order valence-corrected chi connectivity index (χ0v) is 18.9. The molecule has 3 N–H and O–H groups in total. The molecular weight excluding hydrogens is 440 g/mol. The first-order chi connectivity index (χ1) is 16.3. The highest BCUT2D eigenvalue weighted by Gasteiger charge is 2.44. The lowest BCUT2D eigenvalue weighted by molar-refractivity contribution is -0.136. The molecule has 2 aliphatic heterocycles. The number of carbonyl (C=O) groups is 2. The fourth-order valence-corrected chi connectivity index (χ4v) is 5.16. The molecule has 2 aliphatic rings. The van der Waals surface area contributed by atoms with E-state index in [9.17, 15) is 19.5 Å². The zero-order chi connectivity index (χ0) is 24.1. The SMILES string of the molecule is COc1ccc(C2NNCC2C2CC(=O)Oc3c(C(C)=O)c(O)c4c(C)cc(=O)oc4c32)cc1. The van der Waals surface area contributed by atoms with E-state index >= 15 is 0 Å². The Kier molecular flexibility index (Phi) is 5.38. The Morgan fingerprint density at radius 1 is 1.21 bits per heavy atom. The Hall–Kier alpha value is -3.69. The van der Waals surface area contributed by atoms with Gasteiger partial charge in [0.05, 0.1) is 25.0 Å². The first-order valence-electron chi connectivity index (χ1n) is 11.0. The molecule has 1 saturated heterocycles. The van der Waals surface area contributed by atoms with Crippen LogP contribution in [0.25, 0.3) is 11.0 Å². The van der Waals surface area contributed by atoms with E-state index in [4.69, 9.17) is 13.9 Å². The summed E-state index contributed by atoms with van der Waals surface area (Å²) in [4.78, 5) is 37.6. The summed E-state index contributed by atoms with van der Waals surface area (Å²) in [6, 6.07) is 8.69. The first-order valence-corrected chi connectivity index (χ1v) is 11.0. The lowest BCUT2D eigenvalue weighted by Crippen LogP contribution is -2.31. The van der Waals surface area contributed by atoms with E-state index < -0.39 is 23.3 Å². The number of ether oxygens (including phenoxy) is 2. The Morgan fingerprint density at radius 2 is 1.94 bits per heavy atom. The average Bonchev–Trinajstić information content (AvgIpc) is 3.27. The van der Waals surface area contributed by atoms with Gasteiger partial charge in [-0.2, -0.15) is 0 Å². The number of phenolic OH excluding ortho intramolecular Hbond substituents is 1. The van der Waals surface area contributed by atoms with Crippen LogP contribution < -0.4 is 26.0 Å². The molecule has 0 bridgehead atoms. The third kappa shape index (κ3) is 3.44. The minimum absolute atomic E-state index is 0.0303. The van der Waals surface area contributed by atoms with Gasteiger partial charge in [0.25, 0.3) is 0 Å². The summed E-state index contributed by atoms with van der Waals surface area (Å²) in [6.07, 6.45) is 0.0303. The summed E-state index contributed by atoms with van der Waals surface area (Å²) in [5.41, 5.74) is 7.80. The molecule has 3 heterocycles. The Labute approximate surface area is 194 Å². The number of hydrogen-bond donors (Lipinski definition) is 3. The second-order valence-corrected chi connectivity index (χ2v) is 8.70. The molecule has 0 aliphatic carbocycles. The molecule has 34 heavy (non-hydrogen) atoms. The number of hydrazine groups is 1. The summed E-state index contributed by atoms with van der Waals surface area (Å²) in [6.45, 7) is 3.48. The molecule has 0 amide bonds. The van der Waals surface area contributed by atoms with Gasteiger partial charge in [0.2, 0.25) is 0 Å².